The molecule has 2 aromatic rings. The van der Waals surface area contributed by atoms with Crippen LogP contribution in [0.1, 0.15) is 55.3 Å². The van der Waals surface area contributed by atoms with Crippen molar-refractivity contribution in [2.24, 2.45) is 23.2 Å². The van der Waals surface area contributed by atoms with Gasteiger partial charge in [-0.15, -0.1) is 0 Å². The van der Waals surface area contributed by atoms with E-state index in [0.717, 1.165) is 71.3 Å². The van der Waals surface area contributed by atoms with Gasteiger partial charge in [-0.1, -0.05) is 15.9 Å². The molecule has 4 saturated carbocycles. The maximum Gasteiger partial charge on any atom is 0.231 e. The Morgan fingerprint density at radius 2 is 1.80 bits per heavy atom. The van der Waals surface area contributed by atoms with Crippen molar-refractivity contribution in [1.29, 1.82) is 0 Å². The van der Waals surface area contributed by atoms with Crippen LogP contribution in [-0.4, -0.2) is 46.0 Å². The average molecular weight is 541 g/mol. The van der Waals surface area contributed by atoms with Gasteiger partial charge in [-0.05, 0) is 85.8 Å². The van der Waals surface area contributed by atoms with E-state index < -0.39 is 0 Å². The molecule has 2 N–H and O–H groups in total. The number of fused-ring (bicyclic) bond motifs is 2. The van der Waals surface area contributed by atoms with Gasteiger partial charge < -0.3 is 19.9 Å². The summed E-state index contributed by atoms with van der Waals surface area (Å²) in [5, 5.41) is 14.9. The Hall–Kier alpha value is -1.90. The summed E-state index contributed by atoms with van der Waals surface area (Å²) in [4.78, 5) is 11.6. The van der Waals surface area contributed by atoms with Crippen molar-refractivity contribution in [3.63, 3.8) is 0 Å². The second-order valence-electron chi connectivity index (χ2n) is 11.6. The molecule has 6 aliphatic rings. The Labute approximate surface area is 214 Å². The van der Waals surface area contributed by atoms with Gasteiger partial charge in [0.15, 0.2) is 11.5 Å². The number of aliphatic hydroxyl groups excluding tert-OH is 1. The standard InChI is InChI=1S/C27H33BrN4O3/c28-21-7-24-23(34-15-35-24)6-19(21)12-32-2-1-20-22(13-32)30-14-31-26(20)29-11-25(33)27-8-16-3-17(9-27)5-18(4-16)10-27/h6-7,14,16-18,25,33H,1-5,8-13,15H2,(H,29,30,31). The molecule has 2 aliphatic heterocycles. The van der Waals surface area contributed by atoms with Crippen molar-refractivity contribution in [3.8, 4) is 11.5 Å². The largest absolute Gasteiger partial charge is 0.454 e. The molecule has 8 heteroatoms. The number of aliphatic hydroxyl groups is 1. The number of nitrogens with zero attached hydrogens (tertiary/aromatic N) is 3. The van der Waals surface area contributed by atoms with Crippen molar-refractivity contribution < 1.29 is 14.6 Å². The number of rotatable bonds is 6. The molecular formula is C27H33BrN4O3. The fourth-order valence-corrected chi connectivity index (χ4v) is 8.46. The number of anilines is 1. The third-order valence-electron chi connectivity index (χ3n) is 9.28. The van der Waals surface area contributed by atoms with Crippen LogP contribution in [0.3, 0.4) is 0 Å². The summed E-state index contributed by atoms with van der Waals surface area (Å²) in [7, 11) is 0. The predicted molar refractivity (Wildman–Crippen MR) is 135 cm³/mol. The summed E-state index contributed by atoms with van der Waals surface area (Å²) >= 11 is 3.69. The smallest absolute Gasteiger partial charge is 0.231 e. The first-order valence-electron chi connectivity index (χ1n) is 13.1. The Bertz CT molecular complexity index is 1110. The third kappa shape index (κ3) is 4.02. The number of nitrogens with one attached hydrogen (secondary N) is 1. The van der Waals surface area contributed by atoms with E-state index >= 15 is 0 Å². The van der Waals surface area contributed by atoms with Crippen molar-refractivity contribution in [1.82, 2.24) is 14.9 Å². The molecule has 0 radical (unpaired) electrons. The average Bonchev–Trinajstić information content (AvgIpc) is 3.28. The molecule has 1 aromatic heterocycles. The van der Waals surface area contributed by atoms with Gasteiger partial charge in [0.05, 0.1) is 11.8 Å². The van der Waals surface area contributed by atoms with Crippen LogP contribution in [0.15, 0.2) is 22.9 Å². The SMILES string of the molecule is OC(CNc1ncnc2c1CCN(Cc1cc3c(cc1Br)OCO3)C2)C12CC3CC(CC(C3)C1)C2. The quantitative estimate of drug-likeness (QED) is 0.557. The summed E-state index contributed by atoms with van der Waals surface area (Å²) in [6, 6.07) is 4.07. The van der Waals surface area contributed by atoms with Crippen molar-refractivity contribution in [2.75, 3.05) is 25.2 Å². The van der Waals surface area contributed by atoms with Crippen LogP contribution in [0.25, 0.3) is 0 Å². The number of hydrogen-bond acceptors (Lipinski definition) is 7. The molecule has 0 amide bonds. The van der Waals surface area contributed by atoms with Gasteiger partial charge in [-0.25, -0.2) is 9.97 Å². The highest BCUT2D eigenvalue weighted by Gasteiger charge is 2.53. The van der Waals surface area contributed by atoms with Crippen LogP contribution >= 0.6 is 15.9 Å². The summed E-state index contributed by atoms with van der Waals surface area (Å²) in [6.07, 6.45) is 10.1. The van der Waals surface area contributed by atoms with E-state index in [2.05, 4.69) is 42.2 Å². The fraction of sp³-hybridized carbons (Fsp3) is 0.630. The number of ether oxygens (including phenoxy) is 2. The summed E-state index contributed by atoms with van der Waals surface area (Å²) in [5.41, 5.74) is 3.59. The molecule has 186 valence electrons. The van der Waals surface area contributed by atoms with Gasteiger partial charge >= 0.3 is 0 Å². The second kappa shape index (κ2) is 8.60. The molecular weight excluding hydrogens is 508 g/mol. The lowest BCUT2D eigenvalue weighted by molar-refractivity contribution is -0.115. The van der Waals surface area contributed by atoms with Gasteiger partial charge in [0.25, 0.3) is 0 Å². The molecule has 35 heavy (non-hydrogen) atoms. The van der Waals surface area contributed by atoms with Crippen molar-refractivity contribution in [2.45, 2.75) is 64.1 Å². The zero-order valence-corrected chi connectivity index (χ0v) is 21.6. The topological polar surface area (TPSA) is 79.7 Å². The highest BCUT2D eigenvalue weighted by Crippen LogP contribution is 2.61. The van der Waals surface area contributed by atoms with Gasteiger partial charge in [-0.2, -0.15) is 0 Å². The minimum absolute atomic E-state index is 0.129. The van der Waals surface area contributed by atoms with Gasteiger partial charge in [0.1, 0.15) is 12.1 Å². The monoisotopic (exact) mass is 540 g/mol. The predicted octanol–water partition coefficient (Wildman–Crippen LogP) is 4.52. The molecule has 1 unspecified atom stereocenters. The number of halogens is 1. The Kier molecular flexibility index (Phi) is 5.48. The van der Waals surface area contributed by atoms with Crippen LogP contribution in [-0.2, 0) is 19.5 Å². The maximum atomic E-state index is 11.3. The fourth-order valence-electron chi connectivity index (χ4n) is 8.01. The van der Waals surface area contributed by atoms with E-state index in [0.29, 0.717) is 6.54 Å². The molecule has 4 bridgehead atoms. The first-order valence-corrected chi connectivity index (χ1v) is 13.9. The lowest BCUT2D eigenvalue weighted by Crippen LogP contribution is -2.53. The Morgan fingerprint density at radius 1 is 1.09 bits per heavy atom. The third-order valence-corrected chi connectivity index (χ3v) is 10.0. The van der Waals surface area contributed by atoms with E-state index in [1.165, 1.54) is 49.7 Å². The van der Waals surface area contributed by atoms with E-state index in [4.69, 9.17) is 9.47 Å². The molecule has 7 nitrogen and oxygen atoms in total. The number of benzene rings is 1. The number of hydrogen-bond donors (Lipinski definition) is 2. The van der Waals surface area contributed by atoms with Crippen LogP contribution < -0.4 is 14.8 Å². The van der Waals surface area contributed by atoms with Gasteiger partial charge in [0, 0.05) is 36.2 Å². The van der Waals surface area contributed by atoms with Crippen LogP contribution in [0.4, 0.5) is 5.82 Å². The normalized spacial score (nSPS) is 31.4. The second-order valence-corrected chi connectivity index (χ2v) is 12.4. The highest BCUT2D eigenvalue weighted by atomic mass is 79.9. The molecule has 1 aromatic carbocycles. The van der Waals surface area contributed by atoms with Crippen molar-refractivity contribution in [3.05, 3.63) is 39.8 Å². The van der Waals surface area contributed by atoms with Crippen LogP contribution in [0, 0.1) is 23.2 Å². The lowest BCUT2D eigenvalue weighted by Gasteiger charge is -2.58. The van der Waals surface area contributed by atoms with E-state index in [1.807, 2.05) is 6.07 Å². The summed E-state index contributed by atoms with van der Waals surface area (Å²) in [6.45, 7) is 3.41. The number of aromatic nitrogens is 2. The van der Waals surface area contributed by atoms with E-state index in [-0.39, 0.29) is 18.3 Å². The minimum Gasteiger partial charge on any atom is -0.454 e. The first kappa shape index (κ1) is 22.3. The van der Waals surface area contributed by atoms with Gasteiger partial charge in [0.2, 0.25) is 6.79 Å². The molecule has 8 rings (SSSR count). The zero-order valence-electron chi connectivity index (χ0n) is 20.0. The first-order chi connectivity index (χ1) is 17.0. The van der Waals surface area contributed by atoms with E-state index in [1.54, 1.807) is 6.33 Å². The van der Waals surface area contributed by atoms with Crippen LogP contribution in [0.2, 0.25) is 0 Å². The van der Waals surface area contributed by atoms with E-state index in [9.17, 15) is 5.11 Å². The molecule has 4 fully saturated rings. The highest BCUT2D eigenvalue weighted by molar-refractivity contribution is 9.10. The van der Waals surface area contributed by atoms with Gasteiger partial charge in [-0.3, -0.25) is 4.90 Å². The summed E-state index contributed by atoms with van der Waals surface area (Å²) < 4.78 is 12.1. The Balaban J connectivity index is 1.02. The van der Waals surface area contributed by atoms with Crippen molar-refractivity contribution >= 4 is 21.7 Å². The molecule has 3 heterocycles. The zero-order chi connectivity index (χ0) is 23.6. The molecule has 4 aliphatic carbocycles. The lowest BCUT2D eigenvalue weighted by atomic mass is 9.48. The molecule has 1 atom stereocenters. The Morgan fingerprint density at radius 3 is 2.54 bits per heavy atom. The maximum absolute atomic E-state index is 11.3. The van der Waals surface area contributed by atoms with Crippen LogP contribution in [0.5, 0.6) is 11.5 Å². The minimum atomic E-state index is -0.301. The molecule has 0 spiro atoms. The molecule has 0 saturated heterocycles. The summed E-state index contributed by atoms with van der Waals surface area (Å²) in [5.74, 6) is 5.05.